The summed E-state index contributed by atoms with van der Waals surface area (Å²) >= 11 is 0. The molecule has 122 valence electrons. The number of rotatable bonds is 4. The highest BCUT2D eigenvalue weighted by Gasteiger charge is 2.13. The molecule has 2 aromatic carbocycles. The molecule has 2 N–H and O–H groups in total. The molecule has 1 aromatic heterocycles. The van der Waals surface area contributed by atoms with Gasteiger partial charge in [-0.15, -0.1) is 0 Å². The summed E-state index contributed by atoms with van der Waals surface area (Å²) in [7, 11) is 0. The van der Waals surface area contributed by atoms with Gasteiger partial charge < -0.3 is 10.3 Å². The van der Waals surface area contributed by atoms with Crippen LogP contribution < -0.4 is 5.32 Å². The third kappa shape index (κ3) is 3.23. The molecule has 0 atom stereocenters. The predicted molar refractivity (Wildman–Crippen MR) is 96.6 cm³/mol. The highest BCUT2D eigenvalue weighted by Crippen LogP contribution is 2.24. The first-order valence-electron chi connectivity index (χ1n) is 7.92. The third-order valence-electron chi connectivity index (χ3n) is 4.17. The fourth-order valence-corrected chi connectivity index (χ4v) is 2.91. The molecule has 0 spiro atoms. The Morgan fingerprint density at radius 1 is 1.08 bits per heavy atom. The summed E-state index contributed by atoms with van der Waals surface area (Å²) in [4.78, 5) is 27.2. The van der Waals surface area contributed by atoms with Gasteiger partial charge in [-0.1, -0.05) is 23.8 Å². The number of H-pyrrole nitrogens is 1. The smallest absolute Gasteiger partial charge is 0.228 e. The van der Waals surface area contributed by atoms with Crippen LogP contribution in [0.5, 0.6) is 0 Å². The van der Waals surface area contributed by atoms with Crippen LogP contribution >= 0.6 is 0 Å². The van der Waals surface area contributed by atoms with E-state index in [0.29, 0.717) is 17.7 Å². The Morgan fingerprint density at radius 2 is 1.88 bits per heavy atom. The van der Waals surface area contributed by atoms with Gasteiger partial charge in [0.1, 0.15) is 0 Å². The Labute approximate surface area is 140 Å². The molecule has 0 saturated heterocycles. The average Bonchev–Trinajstić information content (AvgIpc) is 2.83. The Kier molecular flexibility index (Phi) is 4.21. The van der Waals surface area contributed by atoms with Crippen molar-refractivity contribution in [2.75, 3.05) is 5.32 Å². The molecular formula is C20H20N2O2. The Hall–Kier alpha value is -2.88. The summed E-state index contributed by atoms with van der Waals surface area (Å²) in [5.74, 6) is -0.116. The lowest BCUT2D eigenvalue weighted by molar-refractivity contribution is -0.115. The number of hydrogen-bond donors (Lipinski definition) is 2. The second-order valence-electron chi connectivity index (χ2n) is 6.14. The molecule has 4 heteroatoms. The number of carbonyl (C=O) groups excluding carboxylic acids is 2. The van der Waals surface area contributed by atoms with Gasteiger partial charge in [-0.3, -0.25) is 9.59 Å². The number of carbonyl (C=O) groups is 2. The Morgan fingerprint density at radius 3 is 2.62 bits per heavy atom. The number of nitrogens with one attached hydrogen (secondary N) is 2. The van der Waals surface area contributed by atoms with Crippen LogP contribution in [-0.2, 0) is 11.2 Å². The third-order valence-corrected chi connectivity index (χ3v) is 4.17. The minimum absolute atomic E-state index is 0.0194. The maximum Gasteiger partial charge on any atom is 0.228 e. The summed E-state index contributed by atoms with van der Waals surface area (Å²) in [5, 5.41) is 3.96. The topological polar surface area (TPSA) is 62.0 Å². The first kappa shape index (κ1) is 16.0. The Bertz CT molecular complexity index is 938. The molecule has 0 unspecified atom stereocenters. The van der Waals surface area contributed by atoms with E-state index >= 15 is 0 Å². The van der Waals surface area contributed by atoms with Gasteiger partial charge in [0.2, 0.25) is 5.91 Å². The summed E-state index contributed by atoms with van der Waals surface area (Å²) in [6.07, 6.45) is 0.291. The van der Waals surface area contributed by atoms with Crippen molar-refractivity contribution in [3.05, 3.63) is 64.8 Å². The van der Waals surface area contributed by atoms with E-state index in [1.165, 1.54) is 6.92 Å². The molecule has 1 amide bonds. The van der Waals surface area contributed by atoms with Gasteiger partial charge >= 0.3 is 0 Å². The molecule has 0 aliphatic carbocycles. The molecule has 1 heterocycles. The lowest BCUT2D eigenvalue weighted by atomic mass is 10.1. The summed E-state index contributed by atoms with van der Waals surface area (Å²) < 4.78 is 0. The number of Topliss-reactive ketones (excluding diaryl/α,β-unsaturated/α-hetero) is 1. The van der Waals surface area contributed by atoms with E-state index in [9.17, 15) is 9.59 Å². The van der Waals surface area contributed by atoms with Gasteiger partial charge in [0.15, 0.2) is 5.78 Å². The molecule has 3 rings (SSSR count). The van der Waals surface area contributed by atoms with Crippen molar-refractivity contribution in [2.24, 2.45) is 0 Å². The van der Waals surface area contributed by atoms with Gasteiger partial charge in [0.25, 0.3) is 0 Å². The van der Waals surface area contributed by atoms with Crippen molar-refractivity contribution in [3.63, 3.8) is 0 Å². The van der Waals surface area contributed by atoms with Crippen molar-refractivity contribution in [1.82, 2.24) is 4.98 Å². The number of aromatic amines is 1. The zero-order chi connectivity index (χ0) is 17.3. The molecule has 0 radical (unpaired) electrons. The molecular weight excluding hydrogens is 300 g/mol. The zero-order valence-electron chi connectivity index (χ0n) is 14.1. The number of hydrogen-bond acceptors (Lipinski definition) is 2. The molecule has 0 fully saturated rings. The van der Waals surface area contributed by atoms with E-state index in [-0.39, 0.29) is 11.7 Å². The number of fused-ring (bicyclic) bond motifs is 1. The lowest BCUT2D eigenvalue weighted by Crippen LogP contribution is -2.15. The number of aromatic nitrogens is 1. The van der Waals surface area contributed by atoms with E-state index in [1.807, 2.05) is 19.9 Å². The van der Waals surface area contributed by atoms with Crippen molar-refractivity contribution in [2.45, 2.75) is 27.2 Å². The molecule has 0 aliphatic heterocycles. The maximum absolute atomic E-state index is 12.4. The number of benzene rings is 2. The first-order valence-corrected chi connectivity index (χ1v) is 7.92. The van der Waals surface area contributed by atoms with Crippen molar-refractivity contribution < 1.29 is 9.59 Å². The van der Waals surface area contributed by atoms with Crippen LogP contribution in [0, 0.1) is 13.8 Å². The molecule has 3 aromatic rings. The van der Waals surface area contributed by atoms with Crippen LogP contribution in [0.2, 0.25) is 0 Å². The van der Waals surface area contributed by atoms with Crippen LogP contribution in [0.4, 0.5) is 5.69 Å². The fourth-order valence-electron chi connectivity index (χ4n) is 2.91. The van der Waals surface area contributed by atoms with Crippen LogP contribution in [0.15, 0.2) is 42.5 Å². The van der Waals surface area contributed by atoms with Crippen molar-refractivity contribution in [1.29, 1.82) is 0 Å². The molecule has 4 nitrogen and oxygen atoms in total. The summed E-state index contributed by atoms with van der Waals surface area (Å²) in [5.41, 5.74) is 5.45. The SMILES string of the molecule is CC(=O)c1cccc(NC(=O)Cc2c(C)[nH]c3ccc(C)cc23)c1. The second kappa shape index (κ2) is 6.32. The quantitative estimate of drug-likeness (QED) is 0.709. The second-order valence-corrected chi connectivity index (χ2v) is 6.14. The Balaban J connectivity index is 1.83. The normalized spacial score (nSPS) is 10.8. The number of aryl methyl sites for hydroxylation is 2. The van der Waals surface area contributed by atoms with Crippen LogP contribution in [-0.4, -0.2) is 16.7 Å². The molecule has 0 bridgehead atoms. The number of anilines is 1. The van der Waals surface area contributed by atoms with Gasteiger partial charge in [0, 0.05) is 27.8 Å². The van der Waals surface area contributed by atoms with Crippen molar-refractivity contribution in [3.8, 4) is 0 Å². The summed E-state index contributed by atoms with van der Waals surface area (Å²) in [6.45, 7) is 5.53. The number of ketones is 1. The molecule has 0 saturated carbocycles. The summed E-state index contributed by atoms with van der Waals surface area (Å²) in [6, 6.07) is 13.2. The van der Waals surface area contributed by atoms with E-state index in [0.717, 1.165) is 27.7 Å². The molecule has 0 aliphatic rings. The lowest BCUT2D eigenvalue weighted by Gasteiger charge is -2.07. The minimum atomic E-state index is -0.0961. The van der Waals surface area contributed by atoms with Gasteiger partial charge in [0.05, 0.1) is 6.42 Å². The van der Waals surface area contributed by atoms with Crippen molar-refractivity contribution >= 4 is 28.3 Å². The minimum Gasteiger partial charge on any atom is -0.358 e. The van der Waals surface area contributed by atoms with Gasteiger partial charge in [-0.2, -0.15) is 0 Å². The predicted octanol–water partition coefficient (Wildman–Crippen LogP) is 4.17. The largest absolute Gasteiger partial charge is 0.358 e. The fraction of sp³-hybridized carbons (Fsp3) is 0.200. The monoisotopic (exact) mass is 320 g/mol. The maximum atomic E-state index is 12.4. The van der Waals surface area contributed by atoms with Gasteiger partial charge in [-0.25, -0.2) is 0 Å². The zero-order valence-corrected chi connectivity index (χ0v) is 14.1. The van der Waals surface area contributed by atoms with Crippen LogP contribution in [0.1, 0.15) is 34.1 Å². The highest BCUT2D eigenvalue weighted by molar-refractivity contribution is 5.99. The van der Waals surface area contributed by atoms with E-state index in [2.05, 4.69) is 22.4 Å². The van der Waals surface area contributed by atoms with E-state index in [1.54, 1.807) is 24.3 Å². The number of amides is 1. The van der Waals surface area contributed by atoms with E-state index in [4.69, 9.17) is 0 Å². The molecule has 24 heavy (non-hydrogen) atoms. The van der Waals surface area contributed by atoms with Gasteiger partial charge in [-0.05, 0) is 50.6 Å². The first-order chi connectivity index (χ1) is 11.4. The average molecular weight is 320 g/mol. The van der Waals surface area contributed by atoms with Crippen LogP contribution in [0.25, 0.3) is 10.9 Å². The highest BCUT2D eigenvalue weighted by atomic mass is 16.1. The van der Waals surface area contributed by atoms with E-state index < -0.39 is 0 Å². The standard InChI is InChI=1S/C20H20N2O2/c1-12-7-8-19-18(9-12)17(13(2)21-19)11-20(24)22-16-6-4-5-15(10-16)14(3)23/h4-10,21H,11H2,1-3H3,(H,22,24). The van der Waals surface area contributed by atoms with Crippen LogP contribution in [0.3, 0.4) is 0 Å².